The van der Waals surface area contributed by atoms with Crippen LogP contribution in [0.5, 0.6) is 5.75 Å². The normalized spacial score (nSPS) is 24.5. The lowest BCUT2D eigenvalue weighted by atomic mass is 9.49. The van der Waals surface area contributed by atoms with Crippen molar-refractivity contribution in [1.29, 1.82) is 5.26 Å². The van der Waals surface area contributed by atoms with Crippen LogP contribution < -0.4 is 20.3 Å². The second-order valence-electron chi connectivity index (χ2n) is 16.5. The van der Waals surface area contributed by atoms with Crippen LogP contribution in [-0.2, 0) is 22.4 Å². The van der Waals surface area contributed by atoms with Gasteiger partial charge in [0.25, 0.3) is 17.7 Å². The molecule has 2 saturated heterocycles. The highest BCUT2D eigenvalue weighted by atomic mass is 35.5. The number of amides is 5. The SMILES string of the molecule is CC1(C)C(NC(=O)c2ccc(N3CCN(C4Cc5cc6c(cc5C4)C(=O)N(C4CCC(=O)NC4=O)C6=O)CC3)cc2)C(C)(C)C1Oc1ccc(C#N)c(Cl)c1. The molecule has 55 heavy (non-hydrogen) atoms. The third-order valence-electron chi connectivity index (χ3n) is 12.4. The minimum atomic E-state index is -0.970. The maximum absolute atomic E-state index is 13.5. The molecule has 1 unspecified atom stereocenters. The minimum absolute atomic E-state index is 0.0909. The van der Waals surface area contributed by atoms with E-state index in [1.54, 1.807) is 18.2 Å². The summed E-state index contributed by atoms with van der Waals surface area (Å²) in [6, 6.07) is 17.7. The van der Waals surface area contributed by atoms with Crippen molar-refractivity contribution >= 4 is 46.8 Å². The molecule has 12 nitrogen and oxygen atoms in total. The molecular weight excluding hydrogens is 720 g/mol. The fraction of sp³-hybridized carbons (Fsp3) is 0.429. The Balaban J connectivity index is 0.846. The Morgan fingerprint density at radius 2 is 1.51 bits per heavy atom. The lowest BCUT2D eigenvalue weighted by molar-refractivity contribution is -0.164. The van der Waals surface area contributed by atoms with Gasteiger partial charge in [-0.25, -0.2) is 0 Å². The number of imide groups is 2. The Morgan fingerprint density at radius 3 is 2.07 bits per heavy atom. The van der Waals surface area contributed by atoms with Crippen molar-refractivity contribution in [2.75, 3.05) is 31.1 Å². The highest BCUT2D eigenvalue weighted by Gasteiger charge is 2.64. The Bertz CT molecular complexity index is 2130. The van der Waals surface area contributed by atoms with Gasteiger partial charge in [0.15, 0.2) is 0 Å². The second kappa shape index (κ2) is 13.5. The lowest BCUT2D eigenvalue weighted by Gasteiger charge is -2.63. The third kappa shape index (κ3) is 6.23. The number of hydrogen-bond acceptors (Lipinski definition) is 9. The first-order chi connectivity index (χ1) is 26.2. The van der Waals surface area contributed by atoms with Crippen LogP contribution in [-0.4, -0.2) is 89.7 Å². The molecule has 5 aliphatic rings. The average molecular weight is 763 g/mol. The number of halogens is 1. The molecular formula is C42H43ClN6O6. The van der Waals surface area contributed by atoms with Gasteiger partial charge in [0, 0.05) is 72.8 Å². The number of nitrogens with one attached hydrogen (secondary N) is 2. The van der Waals surface area contributed by atoms with Crippen LogP contribution in [0.4, 0.5) is 5.69 Å². The topological polar surface area (TPSA) is 152 Å². The number of piperidine rings is 1. The zero-order valence-corrected chi connectivity index (χ0v) is 32.0. The van der Waals surface area contributed by atoms with E-state index in [0.29, 0.717) is 33.0 Å². The van der Waals surface area contributed by atoms with Crippen LogP contribution in [0.3, 0.4) is 0 Å². The fourth-order valence-corrected chi connectivity index (χ4v) is 10.0. The number of nitriles is 1. The van der Waals surface area contributed by atoms with Crippen molar-refractivity contribution < 1.29 is 28.7 Å². The van der Waals surface area contributed by atoms with Gasteiger partial charge in [-0.05, 0) is 78.9 Å². The number of carbonyl (C=O) groups is 5. The molecule has 0 radical (unpaired) electrons. The molecule has 284 valence electrons. The predicted molar refractivity (Wildman–Crippen MR) is 204 cm³/mol. The van der Waals surface area contributed by atoms with Crippen LogP contribution >= 0.6 is 11.6 Å². The number of anilines is 1. The molecule has 1 atom stereocenters. The number of fused-ring (bicyclic) bond motifs is 2. The van der Waals surface area contributed by atoms with E-state index < -0.39 is 29.7 Å². The first-order valence-corrected chi connectivity index (χ1v) is 19.2. The molecule has 0 spiro atoms. The highest BCUT2D eigenvalue weighted by molar-refractivity contribution is 6.31. The smallest absolute Gasteiger partial charge is 0.262 e. The molecule has 2 N–H and O–H groups in total. The molecule has 3 aromatic carbocycles. The van der Waals surface area contributed by atoms with E-state index in [1.807, 2.05) is 36.4 Å². The lowest BCUT2D eigenvalue weighted by Crippen LogP contribution is -2.74. The number of hydrogen-bond donors (Lipinski definition) is 2. The summed E-state index contributed by atoms with van der Waals surface area (Å²) in [5.74, 6) is -1.50. The van der Waals surface area contributed by atoms with Crippen molar-refractivity contribution in [3.63, 3.8) is 0 Å². The quantitative estimate of drug-likeness (QED) is 0.331. The Labute approximate surface area is 324 Å². The molecule has 3 heterocycles. The van der Waals surface area contributed by atoms with Gasteiger partial charge < -0.3 is 15.0 Å². The number of ether oxygens (including phenoxy) is 1. The van der Waals surface area contributed by atoms with E-state index in [-0.39, 0.29) is 47.8 Å². The molecule has 5 amide bonds. The van der Waals surface area contributed by atoms with E-state index in [2.05, 4.69) is 54.2 Å². The van der Waals surface area contributed by atoms with Crippen molar-refractivity contribution in [1.82, 2.24) is 20.4 Å². The maximum atomic E-state index is 13.5. The second-order valence-corrected chi connectivity index (χ2v) is 17.0. The standard InChI is InChI=1S/C42H43ClN6O6/c1-41(2)39(42(3,4)40(41)55-29-10-7-24(22-44)32(43)21-29)46-35(51)23-5-8-27(9-6-23)47-13-15-48(16-14-47)28-17-25-19-30-31(20-26(25)18-28)38(54)49(37(30)53)33-11-12-34(50)45-36(33)52/h5-10,19-21,28,33,39-40H,11-18H2,1-4H3,(H,46,51)(H,45,50,52). The van der Waals surface area contributed by atoms with Gasteiger partial charge in [-0.2, -0.15) is 5.26 Å². The minimum Gasteiger partial charge on any atom is -0.489 e. The summed E-state index contributed by atoms with van der Waals surface area (Å²) in [5.41, 5.74) is 4.08. The summed E-state index contributed by atoms with van der Waals surface area (Å²) in [7, 11) is 0. The molecule has 2 aliphatic carbocycles. The number of rotatable bonds is 7. The molecule has 3 fully saturated rings. The summed E-state index contributed by atoms with van der Waals surface area (Å²) in [6.07, 6.45) is 1.58. The van der Waals surface area contributed by atoms with Crippen LogP contribution in [0.25, 0.3) is 0 Å². The van der Waals surface area contributed by atoms with Gasteiger partial charge in [-0.1, -0.05) is 39.3 Å². The zero-order valence-electron chi connectivity index (χ0n) is 31.3. The van der Waals surface area contributed by atoms with E-state index in [9.17, 15) is 29.2 Å². The number of benzene rings is 3. The molecule has 3 aromatic rings. The average Bonchev–Trinajstić information content (AvgIpc) is 3.69. The monoisotopic (exact) mass is 762 g/mol. The third-order valence-corrected chi connectivity index (χ3v) is 12.7. The molecule has 1 saturated carbocycles. The predicted octanol–water partition coefficient (Wildman–Crippen LogP) is 4.51. The van der Waals surface area contributed by atoms with Crippen LogP contribution in [0.15, 0.2) is 54.6 Å². The summed E-state index contributed by atoms with van der Waals surface area (Å²) >= 11 is 6.24. The van der Waals surface area contributed by atoms with Crippen molar-refractivity contribution in [3.8, 4) is 11.8 Å². The molecule has 8 rings (SSSR count). The highest BCUT2D eigenvalue weighted by Crippen LogP contribution is 2.55. The van der Waals surface area contributed by atoms with Gasteiger partial charge in [0.2, 0.25) is 11.8 Å². The zero-order chi connectivity index (χ0) is 39.0. The number of nitrogens with zero attached hydrogens (tertiary/aromatic N) is 4. The Morgan fingerprint density at radius 1 is 0.891 bits per heavy atom. The Hall–Kier alpha value is -5.25. The van der Waals surface area contributed by atoms with E-state index >= 15 is 0 Å². The largest absolute Gasteiger partial charge is 0.489 e. The van der Waals surface area contributed by atoms with Crippen molar-refractivity contribution in [2.45, 2.75) is 77.6 Å². The van der Waals surface area contributed by atoms with E-state index in [0.717, 1.165) is 60.7 Å². The maximum Gasteiger partial charge on any atom is 0.262 e. The van der Waals surface area contributed by atoms with Crippen LogP contribution in [0.1, 0.15) is 88.3 Å². The number of piperazine rings is 1. The fourth-order valence-electron chi connectivity index (χ4n) is 9.80. The summed E-state index contributed by atoms with van der Waals surface area (Å²) in [4.78, 5) is 70.1. The Kier molecular flexibility index (Phi) is 9.01. The van der Waals surface area contributed by atoms with E-state index in [4.69, 9.17) is 16.3 Å². The van der Waals surface area contributed by atoms with Gasteiger partial charge in [0.05, 0.1) is 21.7 Å². The first kappa shape index (κ1) is 36.7. The van der Waals surface area contributed by atoms with Crippen LogP contribution in [0, 0.1) is 22.2 Å². The molecule has 0 bridgehead atoms. The summed E-state index contributed by atoms with van der Waals surface area (Å²) in [6.45, 7) is 11.7. The van der Waals surface area contributed by atoms with Gasteiger partial charge in [-0.3, -0.25) is 39.1 Å². The summed E-state index contributed by atoms with van der Waals surface area (Å²) in [5, 5.41) is 15.1. The van der Waals surface area contributed by atoms with Crippen molar-refractivity contribution in [2.24, 2.45) is 10.8 Å². The molecule has 3 aliphatic heterocycles. The van der Waals surface area contributed by atoms with Crippen molar-refractivity contribution in [3.05, 3.63) is 93.0 Å². The molecule has 13 heteroatoms. The van der Waals surface area contributed by atoms with Crippen LogP contribution in [0.2, 0.25) is 5.02 Å². The first-order valence-electron chi connectivity index (χ1n) is 18.8. The van der Waals surface area contributed by atoms with Gasteiger partial charge >= 0.3 is 0 Å². The molecule has 0 aromatic heterocycles. The number of carbonyl (C=O) groups excluding carboxylic acids is 5. The van der Waals surface area contributed by atoms with Gasteiger partial charge in [0.1, 0.15) is 24.0 Å². The van der Waals surface area contributed by atoms with Gasteiger partial charge in [-0.15, -0.1) is 0 Å². The van der Waals surface area contributed by atoms with E-state index in [1.165, 1.54) is 0 Å². The summed E-state index contributed by atoms with van der Waals surface area (Å²) < 4.78 is 6.37.